The monoisotopic (exact) mass is 215 g/mol. The molecule has 0 aliphatic carbocycles. The second-order valence-electron chi connectivity index (χ2n) is 4.03. The van der Waals surface area contributed by atoms with Crippen LogP contribution in [0.3, 0.4) is 0 Å². The minimum atomic E-state index is 0.0792. The quantitative estimate of drug-likeness (QED) is 0.303. The first-order valence-electron chi connectivity index (χ1n) is 5.48. The van der Waals surface area contributed by atoms with E-state index in [0.717, 1.165) is 32.7 Å². The van der Waals surface area contributed by atoms with Crippen molar-refractivity contribution in [2.24, 2.45) is 16.8 Å². The van der Waals surface area contributed by atoms with E-state index in [9.17, 15) is 0 Å². The van der Waals surface area contributed by atoms with Crippen molar-refractivity contribution in [3.8, 4) is 0 Å². The molecule has 88 valence electrons. The number of hydrogen-bond acceptors (Lipinski definition) is 4. The zero-order chi connectivity index (χ0) is 11.3. The number of rotatable bonds is 5. The Kier molecular flexibility index (Phi) is 4.84. The number of hydrogen-bond donors (Lipinski definition) is 2. The van der Waals surface area contributed by atoms with E-state index >= 15 is 0 Å². The molecule has 0 aromatic carbocycles. The summed E-state index contributed by atoms with van der Waals surface area (Å²) >= 11 is 0. The SMILES string of the molecule is CCN(CC(C)C(N)=NO)C1CCOC1. The average molecular weight is 215 g/mol. The van der Waals surface area contributed by atoms with Crippen LogP contribution in [-0.4, -0.2) is 48.3 Å². The summed E-state index contributed by atoms with van der Waals surface area (Å²) in [5, 5.41) is 11.6. The molecule has 1 heterocycles. The highest BCUT2D eigenvalue weighted by Gasteiger charge is 2.24. The molecule has 2 atom stereocenters. The van der Waals surface area contributed by atoms with Gasteiger partial charge in [0.2, 0.25) is 0 Å². The van der Waals surface area contributed by atoms with Gasteiger partial charge in [-0.1, -0.05) is 19.0 Å². The fourth-order valence-corrected chi connectivity index (χ4v) is 1.89. The van der Waals surface area contributed by atoms with Crippen molar-refractivity contribution in [1.82, 2.24) is 4.90 Å². The molecule has 0 radical (unpaired) electrons. The summed E-state index contributed by atoms with van der Waals surface area (Å²) in [6.07, 6.45) is 1.08. The molecule has 1 aliphatic heterocycles. The molecule has 5 heteroatoms. The van der Waals surface area contributed by atoms with E-state index in [4.69, 9.17) is 15.7 Å². The van der Waals surface area contributed by atoms with Gasteiger partial charge in [-0.15, -0.1) is 0 Å². The summed E-state index contributed by atoms with van der Waals surface area (Å²) in [5.41, 5.74) is 5.56. The summed E-state index contributed by atoms with van der Waals surface area (Å²) < 4.78 is 5.36. The van der Waals surface area contributed by atoms with Gasteiger partial charge in [0, 0.05) is 25.1 Å². The maximum absolute atomic E-state index is 8.58. The molecular weight excluding hydrogens is 194 g/mol. The average Bonchev–Trinajstić information content (AvgIpc) is 2.77. The maximum Gasteiger partial charge on any atom is 0.143 e. The number of nitrogens with zero attached hydrogens (tertiary/aromatic N) is 2. The van der Waals surface area contributed by atoms with Crippen molar-refractivity contribution in [3.05, 3.63) is 0 Å². The fraction of sp³-hybridized carbons (Fsp3) is 0.900. The van der Waals surface area contributed by atoms with Gasteiger partial charge >= 0.3 is 0 Å². The summed E-state index contributed by atoms with van der Waals surface area (Å²) in [5.74, 6) is 0.378. The number of amidine groups is 1. The van der Waals surface area contributed by atoms with Crippen LogP contribution in [0, 0.1) is 5.92 Å². The number of likely N-dealkylation sites (N-methyl/N-ethyl adjacent to an activating group) is 1. The smallest absolute Gasteiger partial charge is 0.143 e. The van der Waals surface area contributed by atoms with E-state index in [1.807, 2.05) is 6.92 Å². The van der Waals surface area contributed by atoms with Crippen LogP contribution in [0.5, 0.6) is 0 Å². The molecule has 1 fully saturated rings. The highest BCUT2D eigenvalue weighted by atomic mass is 16.5. The van der Waals surface area contributed by atoms with E-state index in [2.05, 4.69) is 17.0 Å². The lowest BCUT2D eigenvalue weighted by Crippen LogP contribution is -2.41. The Bertz CT molecular complexity index is 215. The van der Waals surface area contributed by atoms with Crippen LogP contribution < -0.4 is 5.73 Å². The topological polar surface area (TPSA) is 71.1 Å². The molecule has 0 aromatic heterocycles. The minimum absolute atomic E-state index is 0.0792. The highest BCUT2D eigenvalue weighted by Crippen LogP contribution is 2.14. The van der Waals surface area contributed by atoms with Crippen LogP contribution in [0.4, 0.5) is 0 Å². The zero-order valence-corrected chi connectivity index (χ0v) is 9.52. The molecule has 15 heavy (non-hydrogen) atoms. The molecule has 2 unspecified atom stereocenters. The molecule has 0 saturated carbocycles. The third-order valence-electron chi connectivity index (χ3n) is 2.96. The molecule has 0 amide bonds. The Morgan fingerprint density at radius 3 is 2.93 bits per heavy atom. The lowest BCUT2D eigenvalue weighted by atomic mass is 10.1. The lowest BCUT2D eigenvalue weighted by molar-refractivity contribution is 0.142. The predicted octanol–water partition coefficient (Wildman–Crippen LogP) is 0.480. The van der Waals surface area contributed by atoms with Gasteiger partial charge in [0.25, 0.3) is 0 Å². The second kappa shape index (κ2) is 5.92. The van der Waals surface area contributed by atoms with Crippen molar-refractivity contribution in [2.75, 3.05) is 26.3 Å². The highest BCUT2D eigenvalue weighted by molar-refractivity contribution is 5.82. The van der Waals surface area contributed by atoms with Crippen LogP contribution in [0.25, 0.3) is 0 Å². The van der Waals surface area contributed by atoms with Crippen LogP contribution in [-0.2, 0) is 4.74 Å². The lowest BCUT2D eigenvalue weighted by Gasteiger charge is -2.28. The molecule has 1 saturated heterocycles. The standard InChI is InChI=1S/C10H21N3O2/c1-3-13(9-4-5-15-7-9)6-8(2)10(11)12-14/h8-9,14H,3-7H2,1-2H3,(H2,11,12). The van der Waals surface area contributed by atoms with Gasteiger partial charge in [0.15, 0.2) is 0 Å². The Labute approximate surface area is 90.9 Å². The molecule has 3 N–H and O–H groups in total. The van der Waals surface area contributed by atoms with Gasteiger partial charge in [-0.25, -0.2) is 0 Å². The molecular formula is C10H21N3O2. The molecule has 0 spiro atoms. The van der Waals surface area contributed by atoms with E-state index in [1.54, 1.807) is 0 Å². The van der Waals surface area contributed by atoms with E-state index in [1.165, 1.54) is 0 Å². The Balaban J connectivity index is 2.45. The first kappa shape index (κ1) is 12.3. The Morgan fingerprint density at radius 2 is 2.47 bits per heavy atom. The van der Waals surface area contributed by atoms with Crippen LogP contribution in [0.1, 0.15) is 20.3 Å². The molecule has 0 aromatic rings. The largest absolute Gasteiger partial charge is 0.409 e. The van der Waals surface area contributed by atoms with Crippen LogP contribution >= 0.6 is 0 Å². The summed E-state index contributed by atoms with van der Waals surface area (Å²) in [4.78, 5) is 2.33. The molecule has 1 aliphatic rings. The van der Waals surface area contributed by atoms with Crippen LogP contribution in [0.15, 0.2) is 5.16 Å². The number of ether oxygens (including phenoxy) is 1. The van der Waals surface area contributed by atoms with E-state index in [0.29, 0.717) is 11.9 Å². The molecule has 1 rings (SSSR count). The number of nitrogens with two attached hydrogens (primary N) is 1. The Hall–Kier alpha value is -0.810. The van der Waals surface area contributed by atoms with Gasteiger partial charge in [0.05, 0.1) is 6.61 Å². The van der Waals surface area contributed by atoms with Crippen molar-refractivity contribution in [3.63, 3.8) is 0 Å². The first-order chi connectivity index (χ1) is 7.19. The summed E-state index contributed by atoms with van der Waals surface area (Å²) in [6, 6.07) is 0.490. The van der Waals surface area contributed by atoms with Gasteiger partial charge in [-0.05, 0) is 13.0 Å². The van der Waals surface area contributed by atoms with Gasteiger partial charge in [0.1, 0.15) is 5.84 Å². The van der Waals surface area contributed by atoms with Crippen molar-refractivity contribution < 1.29 is 9.94 Å². The minimum Gasteiger partial charge on any atom is -0.409 e. The van der Waals surface area contributed by atoms with Gasteiger partial charge in [-0.2, -0.15) is 0 Å². The zero-order valence-electron chi connectivity index (χ0n) is 9.52. The first-order valence-corrected chi connectivity index (χ1v) is 5.48. The third-order valence-corrected chi connectivity index (χ3v) is 2.96. The predicted molar refractivity (Wildman–Crippen MR) is 59.0 cm³/mol. The van der Waals surface area contributed by atoms with Crippen molar-refractivity contribution in [2.45, 2.75) is 26.3 Å². The fourth-order valence-electron chi connectivity index (χ4n) is 1.89. The van der Waals surface area contributed by atoms with Gasteiger partial charge < -0.3 is 15.7 Å². The summed E-state index contributed by atoms with van der Waals surface area (Å²) in [6.45, 7) is 7.53. The Morgan fingerprint density at radius 1 is 1.73 bits per heavy atom. The van der Waals surface area contributed by atoms with E-state index in [-0.39, 0.29) is 5.92 Å². The molecule has 0 bridgehead atoms. The number of oxime groups is 1. The third kappa shape index (κ3) is 3.35. The van der Waals surface area contributed by atoms with E-state index < -0.39 is 0 Å². The van der Waals surface area contributed by atoms with Gasteiger partial charge in [-0.3, -0.25) is 4.90 Å². The van der Waals surface area contributed by atoms with Crippen molar-refractivity contribution >= 4 is 5.84 Å². The maximum atomic E-state index is 8.58. The van der Waals surface area contributed by atoms with Crippen molar-refractivity contribution in [1.29, 1.82) is 0 Å². The second-order valence-corrected chi connectivity index (χ2v) is 4.03. The normalized spacial score (nSPS) is 24.7. The summed E-state index contributed by atoms with van der Waals surface area (Å²) in [7, 11) is 0. The van der Waals surface area contributed by atoms with Crippen LogP contribution in [0.2, 0.25) is 0 Å². The molecule has 5 nitrogen and oxygen atoms in total.